The highest BCUT2D eigenvalue weighted by molar-refractivity contribution is 5.25. The summed E-state index contributed by atoms with van der Waals surface area (Å²) >= 11 is 0. The molecule has 0 radical (unpaired) electrons. The highest BCUT2D eigenvalue weighted by Gasteiger charge is 2.09. The summed E-state index contributed by atoms with van der Waals surface area (Å²) in [6, 6.07) is 7.39. The lowest BCUT2D eigenvalue weighted by molar-refractivity contribution is 0.250. The maximum absolute atomic E-state index is 13.3. The van der Waals surface area contributed by atoms with Crippen LogP contribution in [0.5, 0.6) is 5.75 Å². The third kappa shape index (κ3) is 3.54. The Bertz CT molecular complexity index is 540. The van der Waals surface area contributed by atoms with E-state index in [-0.39, 0.29) is 12.4 Å². The first-order valence-corrected chi connectivity index (χ1v) is 6.06. The zero-order valence-electron chi connectivity index (χ0n) is 10.6. The fraction of sp³-hybridized carbons (Fsp3) is 0.286. The van der Waals surface area contributed by atoms with Crippen molar-refractivity contribution in [2.45, 2.75) is 20.1 Å². The molecule has 0 bridgehead atoms. The van der Waals surface area contributed by atoms with Gasteiger partial charge in [-0.1, -0.05) is 13.0 Å². The maximum Gasteiger partial charge on any atom is 0.200 e. The van der Waals surface area contributed by atoms with Gasteiger partial charge in [-0.25, -0.2) is 4.39 Å². The molecule has 0 unspecified atom stereocenters. The van der Waals surface area contributed by atoms with E-state index < -0.39 is 11.6 Å². The van der Waals surface area contributed by atoms with Crippen LogP contribution in [0.2, 0.25) is 0 Å². The lowest BCUT2D eigenvalue weighted by Crippen LogP contribution is -2.10. The minimum atomic E-state index is -0.984. The summed E-state index contributed by atoms with van der Waals surface area (Å²) in [5.74, 6) is -0.687. The van der Waals surface area contributed by atoms with Gasteiger partial charge in [-0.15, -0.1) is 0 Å². The number of hydrogen-bond acceptors (Lipinski definition) is 3. The van der Waals surface area contributed by atoms with Gasteiger partial charge < -0.3 is 14.5 Å². The molecular formula is C14H15F2NO2. The molecule has 1 heterocycles. The first-order chi connectivity index (χ1) is 9.20. The molecule has 0 amide bonds. The summed E-state index contributed by atoms with van der Waals surface area (Å²) < 4.78 is 37.0. The molecule has 5 heteroatoms. The van der Waals surface area contributed by atoms with Crippen molar-refractivity contribution in [1.82, 2.24) is 5.32 Å². The standard InChI is InChI=1S/C14H15F2NO2/c1-2-17-8-10-6-7-11(19-10)9-18-13-5-3-4-12(15)14(13)16/h3-7,17H,2,8-9H2,1H3. The molecule has 102 valence electrons. The fourth-order valence-corrected chi connectivity index (χ4v) is 1.59. The Kier molecular flexibility index (Phi) is 4.52. The van der Waals surface area contributed by atoms with Crippen LogP contribution in [-0.4, -0.2) is 6.54 Å². The summed E-state index contributed by atoms with van der Waals surface area (Å²) in [4.78, 5) is 0. The largest absolute Gasteiger partial charge is 0.482 e. The van der Waals surface area contributed by atoms with Gasteiger partial charge in [0.25, 0.3) is 0 Å². The number of hydrogen-bond donors (Lipinski definition) is 1. The molecule has 0 saturated heterocycles. The van der Waals surface area contributed by atoms with Gasteiger partial charge in [0.1, 0.15) is 18.1 Å². The molecule has 1 aromatic heterocycles. The van der Waals surface area contributed by atoms with Gasteiger partial charge in [-0.05, 0) is 30.8 Å². The zero-order chi connectivity index (χ0) is 13.7. The second-order valence-corrected chi connectivity index (χ2v) is 3.99. The lowest BCUT2D eigenvalue weighted by Gasteiger charge is -2.05. The molecule has 1 aromatic carbocycles. The Labute approximate surface area is 110 Å². The summed E-state index contributed by atoms with van der Waals surface area (Å²) in [5.41, 5.74) is 0. The van der Waals surface area contributed by atoms with Gasteiger partial charge in [-0.2, -0.15) is 4.39 Å². The molecule has 0 aliphatic rings. The molecule has 0 aliphatic heterocycles. The van der Waals surface area contributed by atoms with Crippen LogP contribution < -0.4 is 10.1 Å². The van der Waals surface area contributed by atoms with Crippen molar-refractivity contribution < 1.29 is 17.9 Å². The number of halogens is 2. The molecule has 2 aromatic rings. The molecule has 0 spiro atoms. The van der Waals surface area contributed by atoms with E-state index in [1.807, 2.05) is 13.0 Å². The van der Waals surface area contributed by atoms with Gasteiger partial charge in [-0.3, -0.25) is 0 Å². The third-order valence-electron chi connectivity index (χ3n) is 2.55. The summed E-state index contributed by atoms with van der Waals surface area (Å²) in [7, 11) is 0. The van der Waals surface area contributed by atoms with Crippen LogP contribution in [0, 0.1) is 11.6 Å². The molecule has 3 nitrogen and oxygen atoms in total. The van der Waals surface area contributed by atoms with Crippen LogP contribution in [0.4, 0.5) is 8.78 Å². The van der Waals surface area contributed by atoms with Crippen molar-refractivity contribution in [2.24, 2.45) is 0 Å². The Morgan fingerprint density at radius 1 is 1.16 bits per heavy atom. The van der Waals surface area contributed by atoms with Gasteiger partial charge in [0.05, 0.1) is 6.54 Å². The van der Waals surface area contributed by atoms with E-state index in [2.05, 4.69) is 5.32 Å². The predicted molar refractivity (Wildman–Crippen MR) is 66.8 cm³/mol. The van der Waals surface area contributed by atoms with E-state index in [0.717, 1.165) is 18.4 Å². The van der Waals surface area contributed by atoms with Crippen LogP contribution in [0.25, 0.3) is 0 Å². The average Bonchev–Trinajstić information content (AvgIpc) is 2.86. The zero-order valence-corrected chi connectivity index (χ0v) is 10.6. The fourth-order valence-electron chi connectivity index (χ4n) is 1.59. The minimum absolute atomic E-state index is 0.0620. The molecule has 19 heavy (non-hydrogen) atoms. The Hall–Kier alpha value is -1.88. The van der Waals surface area contributed by atoms with Crippen LogP contribution in [-0.2, 0) is 13.2 Å². The number of ether oxygens (including phenoxy) is 1. The Morgan fingerprint density at radius 2 is 1.95 bits per heavy atom. The van der Waals surface area contributed by atoms with Gasteiger partial charge >= 0.3 is 0 Å². The second-order valence-electron chi connectivity index (χ2n) is 3.99. The first-order valence-electron chi connectivity index (χ1n) is 6.06. The van der Waals surface area contributed by atoms with Crippen LogP contribution in [0.3, 0.4) is 0 Å². The van der Waals surface area contributed by atoms with Crippen molar-refractivity contribution in [2.75, 3.05) is 6.54 Å². The van der Waals surface area contributed by atoms with E-state index in [9.17, 15) is 8.78 Å². The van der Waals surface area contributed by atoms with Crippen molar-refractivity contribution in [3.63, 3.8) is 0 Å². The van der Waals surface area contributed by atoms with Crippen molar-refractivity contribution in [3.05, 3.63) is 53.5 Å². The molecular weight excluding hydrogens is 252 g/mol. The van der Waals surface area contributed by atoms with E-state index in [1.165, 1.54) is 12.1 Å². The molecule has 0 fully saturated rings. The quantitative estimate of drug-likeness (QED) is 0.872. The smallest absolute Gasteiger partial charge is 0.200 e. The normalized spacial score (nSPS) is 10.7. The monoisotopic (exact) mass is 267 g/mol. The Morgan fingerprint density at radius 3 is 2.74 bits per heavy atom. The van der Waals surface area contributed by atoms with Gasteiger partial charge in [0, 0.05) is 0 Å². The Balaban J connectivity index is 1.95. The molecule has 0 atom stereocenters. The third-order valence-corrected chi connectivity index (χ3v) is 2.55. The van der Waals surface area contributed by atoms with Gasteiger partial charge in [0.15, 0.2) is 11.6 Å². The van der Waals surface area contributed by atoms with Crippen molar-refractivity contribution in [3.8, 4) is 5.75 Å². The van der Waals surface area contributed by atoms with E-state index in [0.29, 0.717) is 12.3 Å². The molecule has 2 rings (SSSR count). The summed E-state index contributed by atoms with van der Waals surface area (Å²) in [5, 5.41) is 3.12. The SMILES string of the molecule is CCNCc1ccc(COc2cccc(F)c2F)o1. The lowest BCUT2D eigenvalue weighted by atomic mass is 10.3. The molecule has 0 aliphatic carbocycles. The maximum atomic E-state index is 13.3. The minimum Gasteiger partial charge on any atom is -0.482 e. The number of nitrogens with one attached hydrogen (secondary N) is 1. The number of benzene rings is 1. The number of rotatable bonds is 6. The highest BCUT2D eigenvalue weighted by Crippen LogP contribution is 2.20. The predicted octanol–water partition coefficient (Wildman–Crippen LogP) is 3.25. The van der Waals surface area contributed by atoms with Gasteiger partial charge in [0.2, 0.25) is 5.82 Å². The van der Waals surface area contributed by atoms with Crippen LogP contribution in [0.1, 0.15) is 18.4 Å². The highest BCUT2D eigenvalue weighted by atomic mass is 19.2. The number of furan rings is 1. The molecule has 0 saturated carbocycles. The van der Waals surface area contributed by atoms with Crippen LogP contribution in [0.15, 0.2) is 34.7 Å². The second kappa shape index (κ2) is 6.33. The summed E-state index contributed by atoms with van der Waals surface area (Å²) in [6.07, 6.45) is 0. The average molecular weight is 267 g/mol. The van der Waals surface area contributed by atoms with E-state index in [1.54, 1.807) is 6.07 Å². The van der Waals surface area contributed by atoms with E-state index >= 15 is 0 Å². The van der Waals surface area contributed by atoms with Crippen molar-refractivity contribution >= 4 is 0 Å². The summed E-state index contributed by atoms with van der Waals surface area (Å²) in [6.45, 7) is 3.54. The van der Waals surface area contributed by atoms with Crippen molar-refractivity contribution in [1.29, 1.82) is 0 Å². The topological polar surface area (TPSA) is 34.4 Å². The van der Waals surface area contributed by atoms with Crippen LogP contribution >= 0.6 is 0 Å². The first kappa shape index (κ1) is 13.5. The van der Waals surface area contributed by atoms with E-state index in [4.69, 9.17) is 9.15 Å². The molecule has 1 N–H and O–H groups in total.